The molecule has 0 saturated carbocycles. The third-order valence-electron chi connectivity index (χ3n) is 2.78. The lowest BCUT2D eigenvalue weighted by molar-refractivity contribution is 0.183. The zero-order valence-electron chi connectivity index (χ0n) is 9.25. The van der Waals surface area contributed by atoms with Crippen LogP contribution in [0.15, 0.2) is 0 Å². The van der Waals surface area contributed by atoms with Gasteiger partial charge in [-0.05, 0) is 26.4 Å². The van der Waals surface area contributed by atoms with Gasteiger partial charge in [-0.25, -0.2) is 0 Å². The standard InChI is InChI=1S/C11H23NO/c1-4-6-7-10(11-9-13-11)12(3)8-5-2/h10-11H,4-9H2,1-3H3. The maximum atomic E-state index is 5.39. The van der Waals surface area contributed by atoms with Gasteiger partial charge in [0.2, 0.25) is 0 Å². The zero-order valence-corrected chi connectivity index (χ0v) is 9.25. The van der Waals surface area contributed by atoms with Crippen LogP contribution >= 0.6 is 0 Å². The lowest BCUT2D eigenvalue weighted by Gasteiger charge is -2.26. The van der Waals surface area contributed by atoms with Crippen LogP contribution in [0.25, 0.3) is 0 Å². The van der Waals surface area contributed by atoms with Gasteiger partial charge in [-0.15, -0.1) is 0 Å². The van der Waals surface area contributed by atoms with Crippen LogP contribution in [-0.2, 0) is 4.74 Å². The molecule has 0 aromatic heterocycles. The van der Waals surface area contributed by atoms with Gasteiger partial charge in [-0.1, -0.05) is 26.7 Å². The van der Waals surface area contributed by atoms with E-state index in [1.807, 2.05) is 0 Å². The summed E-state index contributed by atoms with van der Waals surface area (Å²) >= 11 is 0. The molecule has 0 aromatic rings. The van der Waals surface area contributed by atoms with Crippen molar-refractivity contribution in [1.29, 1.82) is 0 Å². The fourth-order valence-corrected chi connectivity index (χ4v) is 1.90. The van der Waals surface area contributed by atoms with Crippen molar-refractivity contribution in [3.63, 3.8) is 0 Å². The van der Waals surface area contributed by atoms with E-state index in [4.69, 9.17) is 4.74 Å². The summed E-state index contributed by atoms with van der Waals surface area (Å²) in [5, 5.41) is 0. The van der Waals surface area contributed by atoms with E-state index in [0.29, 0.717) is 12.1 Å². The highest BCUT2D eigenvalue weighted by atomic mass is 16.6. The normalized spacial score (nSPS) is 23.5. The van der Waals surface area contributed by atoms with E-state index in [9.17, 15) is 0 Å². The average Bonchev–Trinajstić information content (AvgIpc) is 2.89. The number of ether oxygens (including phenoxy) is 1. The topological polar surface area (TPSA) is 15.8 Å². The predicted molar refractivity (Wildman–Crippen MR) is 56.0 cm³/mol. The molecule has 13 heavy (non-hydrogen) atoms. The van der Waals surface area contributed by atoms with E-state index in [0.717, 1.165) is 6.61 Å². The largest absolute Gasteiger partial charge is 0.371 e. The van der Waals surface area contributed by atoms with Crippen molar-refractivity contribution in [1.82, 2.24) is 4.90 Å². The fourth-order valence-electron chi connectivity index (χ4n) is 1.90. The van der Waals surface area contributed by atoms with Crippen LogP contribution < -0.4 is 0 Å². The van der Waals surface area contributed by atoms with E-state index < -0.39 is 0 Å². The number of likely N-dealkylation sites (N-methyl/N-ethyl adjacent to an activating group) is 1. The highest BCUT2D eigenvalue weighted by Crippen LogP contribution is 2.22. The SMILES string of the molecule is CCCCC(C1CO1)N(C)CCC. The van der Waals surface area contributed by atoms with E-state index in [2.05, 4.69) is 25.8 Å². The first-order chi connectivity index (χ1) is 6.29. The molecule has 0 radical (unpaired) electrons. The molecular formula is C11H23NO. The Hall–Kier alpha value is -0.0800. The summed E-state index contributed by atoms with van der Waals surface area (Å²) in [6.45, 7) is 6.68. The van der Waals surface area contributed by atoms with Gasteiger partial charge in [-0.2, -0.15) is 0 Å². The summed E-state index contributed by atoms with van der Waals surface area (Å²) in [5.74, 6) is 0. The Labute approximate surface area is 82.3 Å². The second-order valence-corrected chi connectivity index (χ2v) is 4.06. The van der Waals surface area contributed by atoms with Crippen LogP contribution in [0.4, 0.5) is 0 Å². The second-order valence-electron chi connectivity index (χ2n) is 4.06. The molecule has 0 bridgehead atoms. The highest BCUT2D eigenvalue weighted by molar-refractivity contribution is 4.85. The van der Waals surface area contributed by atoms with Crippen molar-refractivity contribution >= 4 is 0 Å². The Balaban J connectivity index is 2.27. The maximum Gasteiger partial charge on any atom is 0.0964 e. The van der Waals surface area contributed by atoms with Crippen molar-refractivity contribution in [2.24, 2.45) is 0 Å². The third kappa shape index (κ3) is 3.65. The van der Waals surface area contributed by atoms with Crippen LogP contribution in [0.5, 0.6) is 0 Å². The Morgan fingerprint density at radius 1 is 1.38 bits per heavy atom. The van der Waals surface area contributed by atoms with Crippen molar-refractivity contribution < 1.29 is 4.74 Å². The van der Waals surface area contributed by atoms with E-state index in [1.165, 1.54) is 32.2 Å². The molecule has 1 heterocycles. The molecular weight excluding hydrogens is 162 g/mol. The number of hydrogen-bond acceptors (Lipinski definition) is 2. The molecule has 1 saturated heterocycles. The molecule has 1 fully saturated rings. The quantitative estimate of drug-likeness (QED) is 0.566. The lowest BCUT2D eigenvalue weighted by atomic mass is 10.1. The predicted octanol–water partition coefficient (Wildman–Crippen LogP) is 2.29. The van der Waals surface area contributed by atoms with Crippen LogP contribution in [0.2, 0.25) is 0 Å². The van der Waals surface area contributed by atoms with Gasteiger partial charge < -0.3 is 9.64 Å². The van der Waals surface area contributed by atoms with Crippen molar-refractivity contribution in [2.75, 3.05) is 20.2 Å². The minimum absolute atomic E-state index is 0.545. The molecule has 1 aliphatic heterocycles. The summed E-state index contributed by atoms with van der Waals surface area (Å²) in [5.41, 5.74) is 0. The van der Waals surface area contributed by atoms with Crippen LogP contribution in [0.1, 0.15) is 39.5 Å². The molecule has 2 unspecified atom stereocenters. The third-order valence-corrected chi connectivity index (χ3v) is 2.78. The summed E-state index contributed by atoms with van der Waals surface area (Å²) in [7, 11) is 2.23. The Bertz CT molecular complexity index is 134. The summed E-state index contributed by atoms with van der Waals surface area (Å²) in [6.07, 6.45) is 5.72. The van der Waals surface area contributed by atoms with Crippen LogP contribution in [0, 0.1) is 0 Å². The molecule has 2 heteroatoms. The molecule has 0 aromatic carbocycles. The van der Waals surface area contributed by atoms with Gasteiger partial charge >= 0.3 is 0 Å². The Morgan fingerprint density at radius 2 is 2.08 bits per heavy atom. The minimum Gasteiger partial charge on any atom is -0.371 e. The van der Waals surface area contributed by atoms with Gasteiger partial charge in [0.15, 0.2) is 0 Å². The Morgan fingerprint density at radius 3 is 2.54 bits per heavy atom. The smallest absolute Gasteiger partial charge is 0.0964 e. The molecule has 0 spiro atoms. The molecule has 1 rings (SSSR count). The lowest BCUT2D eigenvalue weighted by Crippen LogP contribution is -2.36. The maximum absolute atomic E-state index is 5.39. The summed E-state index contributed by atoms with van der Waals surface area (Å²) in [6, 6.07) is 0.680. The van der Waals surface area contributed by atoms with Crippen LogP contribution in [0.3, 0.4) is 0 Å². The number of rotatable bonds is 7. The summed E-state index contributed by atoms with van der Waals surface area (Å²) in [4.78, 5) is 2.47. The van der Waals surface area contributed by atoms with Gasteiger partial charge in [0.05, 0.1) is 12.7 Å². The monoisotopic (exact) mass is 185 g/mol. The van der Waals surface area contributed by atoms with Gasteiger partial charge in [0.25, 0.3) is 0 Å². The first-order valence-corrected chi connectivity index (χ1v) is 5.61. The van der Waals surface area contributed by atoms with Crippen molar-refractivity contribution in [3.8, 4) is 0 Å². The number of unbranched alkanes of at least 4 members (excludes halogenated alkanes) is 1. The van der Waals surface area contributed by atoms with E-state index in [-0.39, 0.29) is 0 Å². The van der Waals surface area contributed by atoms with Crippen molar-refractivity contribution in [2.45, 2.75) is 51.7 Å². The van der Waals surface area contributed by atoms with E-state index >= 15 is 0 Å². The first kappa shape index (κ1) is 11.0. The van der Waals surface area contributed by atoms with Crippen LogP contribution in [-0.4, -0.2) is 37.2 Å². The average molecular weight is 185 g/mol. The zero-order chi connectivity index (χ0) is 9.68. The molecule has 0 N–H and O–H groups in total. The fraction of sp³-hybridized carbons (Fsp3) is 1.00. The first-order valence-electron chi connectivity index (χ1n) is 5.61. The minimum atomic E-state index is 0.545. The molecule has 0 aliphatic carbocycles. The van der Waals surface area contributed by atoms with Crippen molar-refractivity contribution in [3.05, 3.63) is 0 Å². The molecule has 1 aliphatic rings. The summed E-state index contributed by atoms with van der Waals surface area (Å²) < 4.78 is 5.39. The second kappa shape index (κ2) is 5.61. The molecule has 2 atom stereocenters. The van der Waals surface area contributed by atoms with E-state index in [1.54, 1.807) is 0 Å². The van der Waals surface area contributed by atoms with Gasteiger partial charge in [-0.3, -0.25) is 0 Å². The Kier molecular flexibility index (Phi) is 4.74. The number of nitrogens with zero attached hydrogens (tertiary/aromatic N) is 1. The molecule has 2 nitrogen and oxygen atoms in total. The molecule has 0 amide bonds. The van der Waals surface area contributed by atoms with Gasteiger partial charge in [0.1, 0.15) is 0 Å². The highest BCUT2D eigenvalue weighted by Gasteiger charge is 2.34. The number of epoxide rings is 1. The van der Waals surface area contributed by atoms with Gasteiger partial charge in [0, 0.05) is 6.04 Å². The number of hydrogen-bond donors (Lipinski definition) is 0. The molecule has 78 valence electrons.